The SMILES string of the molecule is CC(C)(C(=O)O)c1ccc(C#N)cc1Br. The van der Waals surface area contributed by atoms with E-state index >= 15 is 0 Å². The first-order chi connectivity index (χ1) is 6.89. The lowest BCUT2D eigenvalue weighted by Gasteiger charge is -2.21. The summed E-state index contributed by atoms with van der Waals surface area (Å²) in [4.78, 5) is 11.0. The van der Waals surface area contributed by atoms with Crippen molar-refractivity contribution in [1.82, 2.24) is 0 Å². The van der Waals surface area contributed by atoms with Crippen LogP contribution in [0.15, 0.2) is 22.7 Å². The molecule has 3 nitrogen and oxygen atoms in total. The van der Waals surface area contributed by atoms with Gasteiger partial charge in [0.2, 0.25) is 0 Å². The van der Waals surface area contributed by atoms with E-state index in [1.165, 1.54) is 0 Å². The second-order valence-electron chi connectivity index (χ2n) is 3.74. The molecule has 1 aromatic rings. The highest BCUT2D eigenvalue weighted by Crippen LogP contribution is 2.30. The highest BCUT2D eigenvalue weighted by atomic mass is 79.9. The van der Waals surface area contributed by atoms with Gasteiger partial charge < -0.3 is 5.11 Å². The van der Waals surface area contributed by atoms with Gasteiger partial charge >= 0.3 is 5.97 Å². The van der Waals surface area contributed by atoms with Crippen molar-refractivity contribution in [2.75, 3.05) is 0 Å². The molecule has 0 unspecified atom stereocenters. The van der Waals surface area contributed by atoms with Gasteiger partial charge in [-0.3, -0.25) is 4.79 Å². The molecule has 1 aromatic carbocycles. The van der Waals surface area contributed by atoms with Gasteiger partial charge in [-0.05, 0) is 31.5 Å². The van der Waals surface area contributed by atoms with Crippen LogP contribution in [-0.2, 0) is 10.2 Å². The van der Waals surface area contributed by atoms with Crippen molar-refractivity contribution < 1.29 is 9.90 Å². The predicted octanol–water partition coefficient (Wildman–Crippen LogP) is 2.68. The summed E-state index contributed by atoms with van der Waals surface area (Å²) in [6.07, 6.45) is 0. The van der Waals surface area contributed by atoms with E-state index in [-0.39, 0.29) is 0 Å². The minimum atomic E-state index is -0.965. The van der Waals surface area contributed by atoms with Gasteiger partial charge in [-0.25, -0.2) is 0 Å². The Balaban J connectivity index is 3.29. The Morgan fingerprint density at radius 3 is 2.53 bits per heavy atom. The van der Waals surface area contributed by atoms with Gasteiger partial charge in [-0.1, -0.05) is 22.0 Å². The van der Waals surface area contributed by atoms with Crippen molar-refractivity contribution >= 4 is 21.9 Å². The van der Waals surface area contributed by atoms with Crippen LogP contribution >= 0.6 is 15.9 Å². The molecule has 0 saturated heterocycles. The van der Waals surface area contributed by atoms with Gasteiger partial charge in [0, 0.05) is 4.47 Å². The van der Waals surface area contributed by atoms with Crippen LogP contribution in [0.5, 0.6) is 0 Å². The van der Waals surface area contributed by atoms with Crippen LogP contribution in [0.2, 0.25) is 0 Å². The number of rotatable bonds is 2. The van der Waals surface area contributed by atoms with Gasteiger partial charge in [-0.2, -0.15) is 5.26 Å². The molecule has 0 aliphatic rings. The van der Waals surface area contributed by atoms with Gasteiger partial charge in [-0.15, -0.1) is 0 Å². The van der Waals surface area contributed by atoms with E-state index in [0.29, 0.717) is 15.6 Å². The van der Waals surface area contributed by atoms with Gasteiger partial charge in [0.25, 0.3) is 0 Å². The Kier molecular flexibility index (Phi) is 3.15. The minimum absolute atomic E-state index is 0.506. The first kappa shape index (κ1) is 11.7. The van der Waals surface area contributed by atoms with Crippen molar-refractivity contribution in [2.45, 2.75) is 19.3 Å². The maximum atomic E-state index is 11.0. The number of carboxylic acid groups (broad SMARTS) is 1. The van der Waals surface area contributed by atoms with E-state index in [1.807, 2.05) is 6.07 Å². The zero-order valence-electron chi connectivity index (χ0n) is 8.41. The molecule has 0 aliphatic heterocycles. The van der Waals surface area contributed by atoms with Crippen LogP contribution in [0.25, 0.3) is 0 Å². The van der Waals surface area contributed by atoms with Gasteiger partial charge in [0.1, 0.15) is 0 Å². The molecule has 0 aliphatic carbocycles. The average Bonchev–Trinajstić information content (AvgIpc) is 2.16. The van der Waals surface area contributed by atoms with E-state index in [1.54, 1.807) is 32.0 Å². The maximum absolute atomic E-state index is 11.0. The summed E-state index contributed by atoms with van der Waals surface area (Å²) in [7, 11) is 0. The third-order valence-corrected chi connectivity index (χ3v) is 2.96. The van der Waals surface area contributed by atoms with E-state index in [0.717, 1.165) is 0 Å². The first-order valence-electron chi connectivity index (χ1n) is 4.33. The van der Waals surface area contributed by atoms with Crippen molar-refractivity contribution in [1.29, 1.82) is 5.26 Å². The third kappa shape index (κ3) is 2.18. The number of nitrogens with zero attached hydrogens (tertiary/aromatic N) is 1. The molecular weight excluding hydrogens is 258 g/mol. The van der Waals surface area contributed by atoms with Crippen LogP contribution in [0.3, 0.4) is 0 Å². The number of hydrogen-bond donors (Lipinski definition) is 1. The Bertz CT molecular complexity index is 446. The summed E-state index contributed by atoms with van der Waals surface area (Å²) in [5.41, 5.74) is 0.202. The summed E-state index contributed by atoms with van der Waals surface area (Å²) in [5.74, 6) is -0.895. The number of hydrogen-bond acceptors (Lipinski definition) is 2. The molecule has 78 valence electrons. The Hall–Kier alpha value is -1.34. The minimum Gasteiger partial charge on any atom is -0.481 e. The maximum Gasteiger partial charge on any atom is 0.313 e. The zero-order chi connectivity index (χ0) is 11.6. The lowest BCUT2D eigenvalue weighted by atomic mass is 9.84. The molecule has 1 rings (SSSR count). The largest absolute Gasteiger partial charge is 0.481 e. The Morgan fingerprint density at radius 2 is 2.13 bits per heavy atom. The fraction of sp³-hybridized carbons (Fsp3) is 0.273. The summed E-state index contributed by atoms with van der Waals surface area (Å²) >= 11 is 3.28. The van der Waals surface area contributed by atoms with Crippen molar-refractivity contribution in [3.63, 3.8) is 0 Å². The molecule has 0 radical (unpaired) electrons. The number of carboxylic acids is 1. The smallest absolute Gasteiger partial charge is 0.313 e. The molecule has 0 saturated carbocycles. The predicted molar refractivity (Wildman–Crippen MR) is 59.5 cm³/mol. The fourth-order valence-corrected chi connectivity index (χ4v) is 2.08. The normalized spacial score (nSPS) is 10.8. The van der Waals surface area contributed by atoms with E-state index in [4.69, 9.17) is 10.4 Å². The van der Waals surface area contributed by atoms with E-state index in [2.05, 4.69) is 15.9 Å². The van der Waals surface area contributed by atoms with Crippen LogP contribution in [-0.4, -0.2) is 11.1 Å². The molecular formula is C11H10BrNO2. The molecule has 0 spiro atoms. The fourth-order valence-electron chi connectivity index (χ4n) is 1.21. The third-order valence-electron chi connectivity index (χ3n) is 2.31. The topological polar surface area (TPSA) is 61.1 Å². The number of aliphatic carboxylic acids is 1. The highest BCUT2D eigenvalue weighted by Gasteiger charge is 2.31. The summed E-state index contributed by atoms with van der Waals surface area (Å²) in [6, 6.07) is 6.90. The monoisotopic (exact) mass is 267 g/mol. The average molecular weight is 268 g/mol. The van der Waals surface area contributed by atoms with Crippen LogP contribution in [0, 0.1) is 11.3 Å². The zero-order valence-corrected chi connectivity index (χ0v) is 10.00. The lowest BCUT2D eigenvalue weighted by molar-refractivity contribution is -0.142. The Labute approximate surface area is 96.5 Å². The molecule has 15 heavy (non-hydrogen) atoms. The van der Waals surface area contributed by atoms with Crippen LogP contribution in [0.4, 0.5) is 0 Å². The molecule has 4 heteroatoms. The lowest BCUT2D eigenvalue weighted by Crippen LogP contribution is -2.28. The van der Waals surface area contributed by atoms with E-state index < -0.39 is 11.4 Å². The number of carbonyl (C=O) groups is 1. The molecule has 0 aromatic heterocycles. The number of benzene rings is 1. The molecule has 1 N–H and O–H groups in total. The van der Waals surface area contributed by atoms with Crippen LogP contribution < -0.4 is 0 Å². The standard InChI is InChI=1S/C11H10BrNO2/c1-11(2,10(14)15)8-4-3-7(6-13)5-9(8)12/h3-5H,1-2H3,(H,14,15). The van der Waals surface area contributed by atoms with E-state index in [9.17, 15) is 4.79 Å². The van der Waals surface area contributed by atoms with Gasteiger partial charge in [0.05, 0.1) is 17.0 Å². The molecule has 0 amide bonds. The summed E-state index contributed by atoms with van der Waals surface area (Å²) in [5, 5.41) is 17.7. The van der Waals surface area contributed by atoms with Crippen molar-refractivity contribution in [3.05, 3.63) is 33.8 Å². The van der Waals surface area contributed by atoms with Crippen LogP contribution in [0.1, 0.15) is 25.0 Å². The number of nitriles is 1. The second-order valence-corrected chi connectivity index (χ2v) is 4.59. The van der Waals surface area contributed by atoms with Crippen molar-refractivity contribution in [2.24, 2.45) is 0 Å². The molecule has 0 atom stereocenters. The molecule has 0 bridgehead atoms. The Morgan fingerprint density at radius 1 is 1.53 bits per heavy atom. The summed E-state index contributed by atoms with van der Waals surface area (Å²) in [6.45, 7) is 3.25. The van der Waals surface area contributed by atoms with Crippen molar-refractivity contribution in [3.8, 4) is 6.07 Å². The highest BCUT2D eigenvalue weighted by molar-refractivity contribution is 9.10. The number of halogens is 1. The first-order valence-corrected chi connectivity index (χ1v) is 5.12. The second kappa shape index (κ2) is 4.03. The molecule has 0 fully saturated rings. The molecule has 0 heterocycles. The quantitative estimate of drug-likeness (QED) is 0.896. The summed E-state index contributed by atoms with van der Waals surface area (Å²) < 4.78 is 0.647. The van der Waals surface area contributed by atoms with Gasteiger partial charge in [0.15, 0.2) is 0 Å².